The lowest BCUT2D eigenvalue weighted by atomic mass is 10.1. The van der Waals surface area contributed by atoms with Crippen LogP contribution in [0.15, 0.2) is 46.3 Å². The van der Waals surface area contributed by atoms with Crippen molar-refractivity contribution in [1.29, 1.82) is 0 Å². The SMILES string of the molecule is CCC(C)NC(=O)c1ccc2c(=O)n(C)c3nnc(SCc4cc(C)ccc4C)n3c2c1. The molecule has 4 rings (SSSR count). The van der Waals surface area contributed by atoms with Crippen molar-refractivity contribution in [3.8, 4) is 0 Å². The molecule has 0 fully saturated rings. The second-order valence-electron chi connectivity index (χ2n) is 8.22. The molecule has 2 aromatic heterocycles. The molecule has 2 heterocycles. The van der Waals surface area contributed by atoms with Crippen molar-refractivity contribution in [1.82, 2.24) is 24.5 Å². The summed E-state index contributed by atoms with van der Waals surface area (Å²) in [5, 5.41) is 12.8. The highest BCUT2D eigenvalue weighted by Gasteiger charge is 2.18. The van der Waals surface area contributed by atoms with Crippen LogP contribution >= 0.6 is 11.8 Å². The van der Waals surface area contributed by atoms with Gasteiger partial charge in [-0.3, -0.25) is 18.6 Å². The van der Waals surface area contributed by atoms with E-state index in [0.29, 0.717) is 27.4 Å². The van der Waals surface area contributed by atoms with E-state index in [4.69, 9.17) is 0 Å². The molecule has 0 radical (unpaired) electrons. The smallest absolute Gasteiger partial charge is 0.262 e. The number of fused-ring (bicyclic) bond motifs is 3. The molecule has 0 aliphatic carbocycles. The van der Waals surface area contributed by atoms with Crippen LogP contribution in [0.25, 0.3) is 16.7 Å². The van der Waals surface area contributed by atoms with Crippen LogP contribution in [0, 0.1) is 13.8 Å². The Kier molecular flexibility index (Phi) is 6.06. The normalized spacial score (nSPS) is 12.4. The summed E-state index contributed by atoms with van der Waals surface area (Å²) in [6.07, 6.45) is 0.842. The minimum atomic E-state index is -0.167. The van der Waals surface area contributed by atoms with Crippen LogP contribution in [0.1, 0.15) is 47.3 Å². The Morgan fingerprint density at radius 1 is 1.16 bits per heavy atom. The van der Waals surface area contributed by atoms with E-state index >= 15 is 0 Å². The molecule has 0 saturated heterocycles. The second kappa shape index (κ2) is 8.78. The van der Waals surface area contributed by atoms with E-state index in [9.17, 15) is 9.59 Å². The quantitative estimate of drug-likeness (QED) is 0.450. The fourth-order valence-corrected chi connectivity index (χ4v) is 4.60. The number of aryl methyl sites for hydroxylation is 3. The number of rotatable bonds is 6. The topological polar surface area (TPSA) is 81.3 Å². The zero-order valence-corrected chi connectivity index (χ0v) is 19.8. The predicted molar refractivity (Wildman–Crippen MR) is 128 cm³/mol. The highest BCUT2D eigenvalue weighted by atomic mass is 32.2. The third-order valence-electron chi connectivity index (χ3n) is 5.80. The molecule has 0 spiro atoms. The Hall–Kier alpha value is -3.13. The number of thioether (sulfide) groups is 1. The van der Waals surface area contributed by atoms with Gasteiger partial charge >= 0.3 is 0 Å². The average molecular weight is 450 g/mol. The standard InChI is InChI=1S/C24H27N5O2S/c1-6-16(4)25-21(30)17-9-10-19-20(12-17)29-23(28(5)22(19)31)26-27-24(29)32-13-18-11-14(2)7-8-15(18)3/h7-12,16H,6,13H2,1-5H3,(H,25,30). The first-order valence-corrected chi connectivity index (χ1v) is 11.7. The van der Waals surface area contributed by atoms with Crippen molar-refractivity contribution < 1.29 is 4.79 Å². The van der Waals surface area contributed by atoms with E-state index in [2.05, 4.69) is 47.6 Å². The Balaban J connectivity index is 1.81. The summed E-state index contributed by atoms with van der Waals surface area (Å²) in [6.45, 7) is 8.16. The Bertz CT molecular complexity index is 1390. The Labute approximate surface area is 190 Å². The van der Waals surface area contributed by atoms with Gasteiger partial charge in [-0.1, -0.05) is 42.4 Å². The van der Waals surface area contributed by atoms with E-state index < -0.39 is 0 Å². The average Bonchev–Trinajstić information content (AvgIpc) is 3.21. The molecule has 1 unspecified atom stereocenters. The maximum Gasteiger partial charge on any atom is 0.262 e. The number of aromatic nitrogens is 4. The van der Waals surface area contributed by atoms with E-state index in [0.717, 1.165) is 12.2 Å². The van der Waals surface area contributed by atoms with Gasteiger partial charge in [0.2, 0.25) is 5.78 Å². The number of carbonyl (C=O) groups is 1. The van der Waals surface area contributed by atoms with Crippen molar-refractivity contribution in [2.24, 2.45) is 7.05 Å². The van der Waals surface area contributed by atoms with Crippen LogP contribution in [0.3, 0.4) is 0 Å². The van der Waals surface area contributed by atoms with Crippen LogP contribution in [-0.4, -0.2) is 31.1 Å². The predicted octanol–water partition coefficient (Wildman–Crippen LogP) is 4.02. The number of hydrogen-bond donors (Lipinski definition) is 1. The fraction of sp³-hybridized carbons (Fsp3) is 0.333. The minimum Gasteiger partial charge on any atom is -0.350 e. The third kappa shape index (κ3) is 4.02. The largest absolute Gasteiger partial charge is 0.350 e. The minimum absolute atomic E-state index is 0.0699. The molecule has 0 saturated carbocycles. The highest BCUT2D eigenvalue weighted by Crippen LogP contribution is 2.26. The first kappa shape index (κ1) is 22.1. The number of hydrogen-bond acceptors (Lipinski definition) is 5. The first-order valence-electron chi connectivity index (χ1n) is 10.7. The molecule has 0 aliphatic rings. The van der Waals surface area contributed by atoms with E-state index in [-0.39, 0.29) is 17.5 Å². The van der Waals surface area contributed by atoms with Crippen LogP contribution in [0.4, 0.5) is 0 Å². The van der Waals surface area contributed by atoms with E-state index in [1.54, 1.807) is 37.0 Å². The van der Waals surface area contributed by atoms with Gasteiger partial charge in [0.25, 0.3) is 11.5 Å². The summed E-state index contributed by atoms with van der Waals surface area (Å²) < 4.78 is 3.36. The van der Waals surface area contributed by atoms with E-state index in [1.807, 2.05) is 18.2 Å². The van der Waals surface area contributed by atoms with Crippen molar-refractivity contribution in [2.45, 2.75) is 51.1 Å². The van der Waals surface area contributed by atoms with E-state index in [1.165, 1.54) is 21.3 Å². The van der Waals surface area contributed by atoms with Gasteiger partial charge in [-0.15, -0.1) is 10.2 Å². The van der Waals surface area contributed by atoms with Crippen molar-refractivity contribution >= 4 is 34.3 Å². The number of nitrogens with zero attached hydrogens (tertiary/aromatic N) is 4. The molecule has 7 nitrogen and oxygen atoms in total. The maximum absolute atomic E-state index is 12.9. The van der Waals surface area contributed by atoms with Crippen LogP contribution in [-0.2, 0) is 12.8 Å². The summed E-state index contributed by atoms with van der Waals surface area (Å²) >= 11 is 1.56. The lowest BCUT2D eigenvalue weighted by molar-refractivity contribution is 0.0939. The van der Waals surface area contributed by atoms with Gasteiger partial charge in [-0.05, 0) is 56.5 Å². The van der Waals surface area contributed by atoms with Gasteiger partial charge in [-0.2, -0.15) is 0 Å². The number of nitrogens with one attached hydrogen (secondary N) is 1. The van der Waals surface area contributed by atoms with Gasteiger partial charge in [-0.25, -0.2) is 0 Å². The van der Waals surface area contributed by atoms with Gasteiger partial charge in [0, 0.05) is 24.4 Å². The fourth-order valence-electron chi connectivity index (χ4n) is 3.60. The zero-order valence-electron chi connectivity index (χ0n) is 19.0. The zero-order chi connectivity index (χ0) is 23.0. The molecule has 4 aromatic rings. The molecule has 1 N–H and O–H groups in total. The summed E-state index contributed by atoms with van der Waals surface area (Å²) in [5.74, 6) is 1.02. The molecule has 8 heteroatoms. The Morgan fingerprint density at radius 2 is 1.94 bits per heavy atom. The van der Waals surface area contributed by atoms with Gasteiger partial charge < -0.3 is 5.32 Å². The molecule has 0 bridgehead atoms. The molecular weight excluding hydrogens is 422 g/mol. The lowest BCUT2D eigenvalue weighted by Crippen LogP contribution is -2.32. The summed E-state index contributed by atoms with van der Waals surface area (Å²) in [4.78, 5) is 25.6. The lowest BCUT2D eigenvalue weighted by Gasteiger charge is -2.13. The number of carbonyl (C=O) groups excluding carboxylic acids is 1. The molecule has 1 amide bonds. The monoisotopic (exact) mass is 449 g/mol. The summed E-state index contributed by atoms with van der Waals surface area (Å²) in [7, 11) is 1.69. The third-order valence-corrected chi connectivity index (χ3v) is 6.78. The molecule has 2 aromatic carbocycles. The highest BCUT2D eigenvalue weighted by molar-refractivity contribution is 7.98. The summed E-state index contributed by atoms with van der Waals surface area (Å²) in [6, 6.07) is 11.6. The van der Waals surface area contributed by atoms with Crippen LogP contribution < -0.4 is 10.9 Å². The van der Waals surface area contributed by atoms with Crippen LogP contribution in [0.5, 0.6) is 0 Å². The van der Waals surface area contributed by atoms with Gasteiger partial charge in [0.05, 0.1) is 10.9 Å². The number of amides is 1. The van der Waals surface area contributed by atoms with Crippen molar-refractivity contribution in [3.63, 3.8) is 0 Å². The molecular formula is C24H27N5O2S. The van der Waals surface area contributed by atoms with Crippen LogP contribution in [0.2, 0.25) is 0 Å². The molecule has 1 atom stereocenters. The second-order valence-corrected chi connectivity index (χ2v) is 9.16. The van der Waals surface area contributed by atoms with Crippen molar-refractivity contribution in [3.05, 3.63) is 69.0 Å². The first-order chi connectivity index (χ1) is 15.3. The number of benzene rings is 2. The van der Waals surface area contributed by atoms with Crippen molar-refractivity contribution in [2.75, 3.05) is 0 Å². The van der Waals surface area contributed by atoms with Gasteiger partial charge in [0.1, 0.15) is 0 Å². The summed E-state index contributed by atoms with van der Waals surface area (Å²) in [5.41, 5.74) is 4.63. The Morgan fingerprint density at radius 3 is 2.69 bits per heavy atom. The van der Waals surface area contributed by atoms with Gasteiger partial charge in [0.15, 0.2) is 5.16 Å². The molecule has 166 valence electrons. The molecule has 32 heavy (non-hydrogen) atoms. The molecule has 0 aliphatic heterocycles. The maximum atomic E-state index is 12.9.